The zero-order chi connectivity index (χ0) is 18.9. The number of nitrogens with zero attached hydrogens (tertiary/aromatic N) is 2. The van der Waals surface area contributed by atoms with Crippen molar-refractivity contribution in [1.82, 2.24) is 9.88 Å². The van der Waals surface area contributed by atoms with Crippen molar-refractivity contribution in [3.8, 4) is 11.8 Å². The second-order valence-electron chi connectivity index (χ2n) is 6.44. The quantitative estimate of drug-likeness (QED) is 0.746. The summed E-state index contributed by atoms with van der Waals surface area (Å²) in [5, 5.41) is 9.88. The Kier molecular flexibility index (Phi) is 4.89. The van der Waals surface area contributed by atoms with Gasteiger partial charge < -0.3 is 19.8 Å². The molecule has 2 aromatic rings. The maximum absolute atomic E-state index is 12.6. The molecule has 26 heavy (non-hydrogen) atoms. The molecule has 0 radical (unpaired) electrons. The largest absolute Gasteiger partial charge is 0.383 e. The second kappa shape index (κ2) is 6.97. The molecule has 8 nitrogen and oxygen atoms in total. The molecule has 1 fully saturated rings. The Bertz CT molecular complexity index is 976. The minimum atomic E-state index is -3.62. The van der Waals surface area contributed by atoms with Gasteiger partial charge in [0.15, 0.2) is 0 Å². The van der Waals surface area contributed by atoms with Crippen molar-refractivity contribution >= 4 is 26.9 Å². The predicted molar refractivity (Wildman–Crippen MR) is 95.8 cm³/mol. The van der Waals surface area contributed by atoms with Crippen LogP contribution in [0.25, 0.3) is 10.9 Å². The van der Waals surface area contributed by atoms with Gasteiger partial charge in [0, 0.05) is 23.6 Å². The first kappa shape index (κ1) is 18.2. The summed E-state index contributed by atoms with van der Waals surface area (Å²) in [5.41, 5.74) is 7.67. The number of carbonyl (C=O) groups is 1. The molecule has 2 atom stereocenters. The topological polar surface area (TPSA) is 129 Å². The second-order valence-corrected chi connectivity index (χ2v) is 8.01. The summed E-state index contributed by atoms with van der Waals surface area (Å²) in [5.74, 6) is -0.0447. The van der Waals surface area contributed by atoms with Crippen molar-refractivity contribution in [3.63, 3.8) is 0 Å². The fourth-order valence-electron chi connectivity index (χ4n) is 3.25. The maximum atomic E-state index is 12.6. The van der Waals surface area contributed by atoms with Gasteiger partial charge in [-0.05, 0) is 43.0 Å². The number of hydrogen-bond acceptors (Lipinski definition) is 6. The predicted octanol–water partition coefficient (Wildman–Crippen LogP) is 0.891. The number of likely N-dealkylation sites (tertiary alicyclic amines) is 1. The average Bonchev–Trinajstić information content (AvgIpc) is 3.19. The lowest BCUT2D eigenvalue weighted by atomic mass is 10.0. The molecule has 3 rings (SSSR count). The normalized spacial score (nSPS) is 18.7. The van der Waals surface area contributed by atoms with Crippen molar-refractivity contribution in [2.24, 2.45) is 5.73 Å². The van der Waals surface area contributed by atoms with E-state index in [4.69, 9.17) is 15.2 Å². The van der Waals surface area contributed by atoms with Crippen LogP contribution in [0.15, 0.2) is 24.4 Å². The van der Waals surface area contributed by atoms with E-state index in [0.717, 1.165) is 29.1 Å². The first-order valence-corrected chi connectivity index (χ1v) is 10.1. The third kappa shape index (κ3) is 3.81. The Morgan fingerprint density at radius 2 is 2.31 bits per heavy atom. The first-order chi connectivity index (χ1) is 12.3. The zero-order valence-electron chi connectivity index (χ0n) is 14.3. The summed E-state index contributed by atoms with van der Waals surface area (Å²) in [6.45, 7) is 0.547. The van der Waals surface area contributed by atoms with Gasteiger partial charge in [0.25, 0.3) is 0 Å². The van der Waals surface area contributed by atoms with Gasteiger partial charge in [0.2, 0.25) is 5.91 Å². The number of nitrogens with one attached hydrogen (secondary N) is 1. The third-order valence-corrected chi connectivity index (χ3v) is 4.92. The van der Waals surface area contributed by atoms with Crippen LogP contribution in [0.2, 0.25) is 0 Å². The smallest absolute Gasteiger partial charge is 0.306 e. The number of nitriles is 1. The van der Waals surface area contributed by atoms with E-state index >= 15 is 0 Å². The van der Waals surface area contributed by atoms with E-state index in [1.807, 2.05) is 0 Å². The number of hydrogen-bond donors (Lipinski definition) is 2. The van der Waals surface area contributed by atoms with Crippen molar-refractivity contribution in [2.45, 2.75) is 31.3 Å². The maximum Gasteiger partial charge on any atom is 0.306 e. The number of aromatic amines is 1. The number of aromatic nitrogens is 1. The van der Waals surface area contributed by atoms with Crippen molar-refractivity contribution < 1.29 is 17.4 Å². The lowest BCUT2D eigenvalue weighted by Crippen LogP contribution is -2.46. The van der Waals surface area contributed by atoms with Crippen molar-refractivity contribution in [3.05, 3.63) is 30.0 Å². The molecule has 1 aliphatic heterocycles. The molecule has 138 valence electrons. The van der Waals surface area contributed by atoms with Crippen LogP contribution in [-0.4, -0.2) is 49.1 Å². The highest BCUT2D eigenvalue weighted by atomic mass is 32.2. The summed E-state index contributed by atoms with van der Waals surface area (Å²) in [6, 6.07) is 5.81. The molecule has 0 bridgehead atoms. The van der Waals surface area contributed by atoms with Crippen molar-refractivity contribution in [1.29, 1.82) is 5.26 Å². The van der Waals surface area contributed by atoms with Gasteiger partial charge in [-0.25, -0.2) is 0 Å². The number of carbonyl (C=O) groups excluding carboxylic acids is 1. The summed E-state index contributed by atoms with van der Waals surface area (Å²) in [6.07, 6.45) is 4.47. The minimum absolute atomic E-state index is 0.199. The molecular formula is C17H20N4O4S. The fourth-order valence-corrected chi connectivity index (χ4v) is 3.71. The fraction of sp³-hybridized carbons (Fsp3) is 0.412. The first-order valence-electron chi connectivity index (χ1n) is 8.23. The third-order valence-electron chi connectivity index (χ3n) is 4.43. The molecule has 0 aliphatic carbocycles. The van der Waals surface area contributed by atoms with Crippen LogP contribution < -0.4 is 9.92 Å². The van der Waals surface area contributed by atoms with Gasteiger partial charge in [-0.15, -0.1) is 0 Å². The monoisotopic (exact) mass is 376 g/mol. The number of H-pyrrole nitrogens is 1. The van der Waals surface area contributed by atoms with E-state index in [1.165, 1.54) is 4.90 Å². The SMILES string of the molecule is CS(=O)(=O)Oc1ccc2[nH]cc(CC(N)C(=O)N3CCCC3C#N)c2c1. The molecule has 1 aromatic carbocycles. The van der Waals surface area contributed by atoms with Gasteiger partial charge in [-0.1, -0.05) is 0 Å². The Labute approximate surface area is 151 Å². The van der Waals surface area contributed by atoms with Gasteiger partial charge >= 0.3 is 10.1 Å². The summed E-state index contributed by atoms with van der Waals surface area (Å²) >= 11 is 0. The highest BCUT2D eigenvalue weighted by Crippen LogP contribution is 2.26. The zero-order valence-corrected chi connectivity index (χ0v) is 15.1. The highest BCUT2D eigenvalue weighted by molar-refractivity contribution is 7.86. The molecule has 0 spiro atoms. The van der Waals surface area contributed by atoms with E-state index in [2.05, 4.69) is 11.1 Å². The van der Waals surface area contributed by atoms with Crippen LogP contribution in [0, 0.1) is 11.3 Å². The number of nitrogens with two attached hydrogens (primary N) is 1. The summed E-state index contributed by atoms with van der Waals surface area (Å²) in [7, 11) is -3.62. The molecule has 1 aliphatic rings. The molecule has 1 amide bonds. The van der Waals surface area contributed by atoms with Gasteiger partial charge in [0.1, 0.15) is 11.8 Å². The lowest BCUT2D eigenvalue weighted by molar-refractivity contribution is -0.132. The van der Waals surface area contributed by atoms with E-state index in [0.29, 0.717) is 13.0 Å². The van der Waals surface area contributed by atoms with Gasteiger partial charge in [0.05, 0.1) is 18.4 Å². The molecule has 2 unspecified atom stereocenters. The van der Waals surface area contributed by atoms with E-state index in [1.54, 1.807) is 24.4 Å². The van der Waals surface area contributed by atoms with Crippen LogP contribution >= 0.6 is 0 Å². The molecule has 3 N–H and O–H groups in total. The Morgan fingerprint density at radius 1 is 1.54 bits per heavy atom. The van der Waals surface area contributed by atoms with E-state index in [9.17, 15) is 13.2 Å². The minimum Gasteiger partial charge on any atom is -0.383 e. The lowest BCUT2D eigenvalue weighted by Gasteiger charge is -2.23. The number of rotatable bonds is 5. The van der Waals surface area contributed by atoms with Crippen LogP contribution in [-0.2, 0) is 21.3 Å². The van der Waals surface area contributed by atoms with Crippen molar-refractivity contribution in [2.75, 3.05) is 12.8 Å². The Hall–Kier alpha value is -2.57. The number of fused-ring (bicyclic) bond motifs is 1. The summed E-state index contributed by atoms with van der Waals surface area (Å²) < 4.78 is 27.5. The Balaban J connectivity index is 1.81. The van der Waals surface area contributed by atoms with E-state index in [-0.39, 0.29) is 18.1 Å². The summed E-state index contributed by atoms with van der Waals surface area (Å²) in [4.78, 5) is 17.2. The van der Waals surface area contributed by atoms with Crippen LogP contribution in [0.5, 0.6) is 5.75 Å². The molecule has 2 heterocycles. The van der Waals surface area contributed by atoms with E-state index < -0.39 is 22.2 Å². The van der Waals surface area contributed by atoms with Gasteiger partial charge in [-0.3, -0.25) is 4.79 Å². The standard InChI is InChI=1S/C17H20N4O4S/c1-26(23,24)25-13-4-5-16-14(8-13)11(10-20-16)7-15(19)17(22)21-6-2-3-12(21)9-18/h4-5,8,10,12,15,20H,2-3,6-7,19H2,1H3. The highest BCUT2D eigenvalue weighted by Gasteiger charge is 2.31. The van der Waals surface area contributed by atoms with Crippen LogP contribution in [0.1, 0.15) is 18.4 Å². The molecule has 9 heteroatoms. The molecular weight excluding hydrogens is 356 g/mol. The molecule has 1 aromatic heterocycles. The number of amides is 1. The molecule has 1 saturated heterocycles. The Morgan fingerprint density at radius 3 is 3.00 bits per heavy atom. The molecule has 0 saturated carbocycles. The average molecular weight is 376 g/mol. The number of benzene rings is 1. The van der Waals surface area contributed by atoms with Crippen LogP contribution in [0.3, 0.4) is 0 Å². The van der Waals surface area contributed by atoms with Crippen LogP contribution in [0.4, 0.5) is 0 Å². The van der Waals surface area contributed by atoms with Gasteiger partial charge in [-0.2, -0.15) is 13.7 Å².